The van der Waals surface area contributed by atoms with Gasteiger partial charge in [0.15, 0.2) is 0 Å². The fraction of sp³-hybridized carbons (Fsp3) is 0.500. The van der Waals surface area contributed by atoms with E-state index in [1.165, 1.54) is 36.0 Å². The van der Waals surface area contributed by atoms with Gasteiger partial charge in [-0.15, -0.1) is 0 Å². The molecule has 1 atom stereocenters. The smallest absolute Gasteiger partial charge is 0.134 e. The second-order valence-corrected chi connectivity index (χ2v) is 5.25. The number of hydrogen-bond acceptors (Lipinski definition) is 2. The number of para-hydroxylation sites is 1. The molecule has 0 aliphatic carbocycles. The molecule has 0 bridgehead atoms. The van der Waals surface area contributed by atoms with Crippen LogP contribution in [0.15, 0.2) is 28.7 Å². The van der Waals surface area contributed by atoms with Gasteiger partial charge in [-0.2, -0.15) is 0 Å². The molecule has 0 saturated carbocycles. The van der Waals surface area contributed by atoms with Gasteiger partial charge in [0.2, 0.25) is 0 Å². The molecule has 0 radical (unpaired) electrons. The van der Waals surface area contributed by atoms with E-state index in [2.05, 4.69) is 36.5 Å². The van der Waals surface area contributed by atoms with Gasteiger partial charge in [-0.25, -0.2) is 0 Å². The number of furan rings is 1. The average Bonchev–Trinajstić information content (AvgIpc) is 2.61. The molecule has 18 heavy (non-hydrogen) atoms. The molecule has 1 N–H and O–H groups in total. The van der Waals surface area contributed by atoms with E-state index in [1.54, 1.807) is 0 Å². The number of benzene rings is 1. The highest BCUT2D eigenvalue weighted by Gasteiger charge is 2.21. The van der Waals surface area contributed by atoms with Crippen LogP contribution in [0, 0.1) is 0 Å². The van der Waals surface area contributed by atoms with E-state index in [0.717, 1.165) is 25.0 Å². The lowest BCUT2D eigenvalue weighted by Crippen LogP contribution is -2.30. The van der Waals surface area contributed by atoms with E-state index in [9.17, 15) is 0 Å². The molecule has 0 saturated heterocycles. The van der Waals surface area contributed by atoms with Crippen molar-refractivity contribution in [3.05, 3.63) is 35.6 Å². The van der Waals surface area contributed by atoms with E-state index in [0.29, 0.717) is 6.04 Å². The molecule has 2 aromatic rings. The van der Waals surface area contributed by atoms with Crippen LogP contribution in [0.3, 0.4) is 0 Å². The first-order valence-electron chi connectivity index (χ1n) is 7.11. The zero-order chi connectivity index (χ0) is 12.4. The van der Waals surface area contributed by atoms with Crippen molar-refractivity contribution in [3.63, 3.8) is 0 Å². The van der Waals surface area contributed by atoms with Gasteiger partial charge in [-0.1, -0.05) is 38.0 Å². The maximum Gasteiger partial charge on any atom is 0.134 e. The number of nitrogens with one attached hydrogen (secondary N) is 1. The maximum atomic E-state index is 6.04. The third-order valence-corrected chi connectivity index (χ3v) is 3.93. The van der Waals surface area contributed by atoms with E-state index in [-0.39, 0.29) is 0 Å². The SMILES string of the molecule is CCCCC1Cc2oc3ccccc3c2CCN1. The molecule has 1 aromatic carbocycles. The van der Waals surface area contributed by atoms with Crippen LogP contribution >= 0.6 is 0 Å². The van der Waals surface area contributed by atoms with Crippen molar-refractivity contribution in [3.8, 4) is 0 Å². The van der Waals surface area contributed by atoms with Crippen molar-refractivity contribution in [1.82, 2.24) is 5.32 Å². The van der Waals surface area contributed by atoms with Crippen molar-refractivity contribution < 1.29 is 4.42 Å². The number of fused-ring (bicyclic) bond motifs is 3. The predicted molar refractivity (Wildman–Crippen MR) is 74.9 cm³/mol. The summed E-state index contributed by atoms with van der Waals surface area (Å²) in [5.41, 5.74) is 2.48. The lowest BCUT2D eigenvalue weighted by atomic mass is 10.0. The van der Waals surface area contributed by atoms with Crippen LogP contribution < -0.4 is 5.32 Å². The maximum absolute atomic E-state index is 6.04. The summed E-state index contributed by atoms with van der Waals surface area (Å²) >= 11 is 0. The third kappa shape index (κ3) is 2.17. The van der Waals surface area contributed by atoms with Crippen molar-refractivity contribution in [2.24, 2.45) is 0 Å². The molecule has 1 aliphatic heterocycles. The molecular weight excluding hydrogens is 222 g/mol. The lowest BCUT2D eigenvalue weighted by molar-refractivity contribution is 0.441. The van der Waals surface area contributed by atoms with E-state index < -0.39 is 0 Å². The van der Waals surface area contributed by atoms with Crippen LogP contribution in [-0.4, -0.2) is 12.6 Å². The van der Waals surface area contributed by atoms with Gasteiger partial charge in [-0.05, 0) is 25.5 Å². The normalized spacial score (nSPS) is 19.7. The monoisotopic (exact) mass is 243 g/mol. The summed E-state index contributed by atoms with van der Waals surface area (Å²) in [6.07, 6.45) is 5.96. The Hall–Kier alpha value is -1.28. The highest BCUT2D eigenvalue weighted by molar-refractivity contribution is 5.82. The third-order valence-electron chi connectivity index (χ3n) is 3.93. The summed E-state index contributed by atoms with van der Waals surface area (Å²) in [6, 6.07) is 9.01. The minimum Gasteiger partial charge on any atom is -0.461 e. The quantitative estimate of drug-likeness (QED) is 0.889. The van der Waals surface area contributed by atoms with Crippen LogP contribution in [0.2, 0.25) is 0 Å². The van der Waals surface area contributed by atoms with Crippen LogP contribution in [0.5, 0.6) is 0 Å². The fourth-order valence-electron chi connectivity index (χ4n) is 2.94. The highest BCUT2D eigenvalue weighted by Crippen LogP contribution is 2.29. The Labute approximate surface area is 108 Å². The number of hydrogen-bond donors (Lipinski definition) is 1. The highest BCUT2D eigenvalue weighted by atomic mass is 16.3. The Balaban J connectivity index is 1.90. The first-order chi connectivity index (χ1) is 8.88. The average molecular weight is 243 g/mol. The molecule has 1 aliphatic rings. The Morgan fingerprint density at radius 1 is 1.33 bits per heavy atom. The van der Waals surface area contributed by atoms with E-state index in [1.807, 2.05) is 0 Å². The summed E-state index contributed by atoms with van der Waals surface area (Å²) in [7, 11) is 0. The van der Waals surface area contributed by atoms with Gasteiger partial charge in [0, 0.05) is 23.4 Å². The van der Waals surface area contributed by atoms with Crippen molar-refractivity contribution in [2.45, 2.75) is 45.1 Å². The Morgan fingerprint density at radius 2 is 2.22 bits per heavy atom. The minimum absolute atomic E-state index is 0.590. The Bertz CT molecular complexity index is 529. The second kappa shape index (κ2) is 5.15. The van der Waals surface area contributed by atoms with Gasteiger partial charge >= 0.3 is 0 Å². The molecule has 0 fully saturated rings. The molecule has 96 valence electrons. The van der Waals surface area contributed by atoms with Gasteiger partial charge in [0.1, 0.15) is 11.3 Å². The zero-order valence-electron chi connectivity index (χ0n) is 11.0. The zero-order valence-corrected chi connectivity index (χ0v) is 11.0. The van der Waals surface area contributed by atoms with Crippen LogP contribution in [0.1, 0.15) is 37.5 Å². The Kier molecular flexibility index (Phi) is 3.37. The summed E-state index contributed by atoms with van der Waals surface area (Å²) < 4.78 is 6.04. The molecular formula is C16H21NO. The topological polar surface area (TPSA) is 25.2 Å². The van der Waals surface area contributed by atoms with Crippen LogP contribution in [0.4, 0.5) is 0 Å². The first kappa shape index (κ1) is 11.8. The number of rotatable bonds is 3. The second-order valence-electron chi connectivity index (χ2n) is 5.25. The summed E-state index contributed by atoms with van der Waals surface area (Å²) in [5.74, 6) is 1.21. The van der Waals surface area contributed by atoms with Crippen molar-refractivity contribution in [2.75, 3.05) is 6.54 Å². The summed E-state index contributed by atoms with van der Waals surface area (Å²) in [5, 5.41) is 4.96. The summed E-state index contributed by atoms with van der Waals surface area (Å²) in [6.45, 7) is 3.33. The van der Waals surface area contributed by atoms with Gasteiger partial charge < -0.3 is 9.73 Å². The molecule has 1 aromatic heterocycles. The minimum atomic E-state index is 0.590. The first-order valence-corrected chi connectivity index (χ1v) is 7.11. The predicted octanol–water partition coefficient (Wildman–Crippen LogP) is 3.68. The molecule has 0 amide bonds. The molecule has 2 heterocycles. The van der Waals surface area contributed by atoms with Gasteiger partial charge in [0.05, 0.1) is 0 Å². The van der Waals surface area contributed by atoms with Crippen molar-refractivity contribution >= 4 is 11.0 Å². The molecule has 2 heteroatoms. The molecule has 0 spiro atoms. The van der Waals surface area contributed by atoms with E-state index in [4.69, 9.17) is 4.42 Å². The molecule has 1 unspecified atom stereocenters. The lowest BCUT2D eigenvalue weighted by Gasteiger charge is -2.14. The fourth-order valence-corrected chi connectivity index (χ4v) is 2.94. The van der Waals surface area contributed by atoms with Crippen LogP contribution in [0.25, 0.3) is 11.0 Å². The summed E-state index contributed by atoms with van der Waals surface area (Å²) in [4.78, 5) is 0. The largest absolute Gasteiger partial charge is 0.461 e. The van der Waals surface area contributed by atoms with E-state index >= 15 is 0 Å². The van der Waals surface area contributed by atoms with Crippen molar-refractivity contribution in [1.29, 1.82) is 0 Å². The van der Waals surface area contributed by atoms with Crippen LogP contribution in [-0.2, 0) is 12.8 Å². The number of unbranched alkanes of at least 4 members (excludes halogenated alkanes) is 1. The standard InChI is InChI=1S/C16H21NO/c1-2-3-6-12-11-16-14(9-10-17-12)13-7-4-5-8-15(13)18-16/h4-5,7-8,12,17H,2-3,6,9-11H2,1H3. The van der Waals surface area contributed by atoms with Gasteiger partial charge in [0.25, 0.3) is 0 Å². The Morgan fingerprint density at radius 3 is 3.11 bits per heavy atom. The van der Waals surface area contributed by atoms with Gasteiger partial charge in [-0.3, -0.25) is 0 Å². The molecule has 2 nitrogen and oxygen atoms in total. The molecule has 3 rings (SSSR count).